The summed E-state index contributed by atoms with van der Waals surface area (Å²) in [6.07, 6.45) is 0.0779. The molecule has 3 nitrogen and oxygen atoms in total. The largest absolute Gasteiger partial charge is 0.464 e. The van der Waals surface area contributed by atoms with Gasteiger partial charge >= 0.3 is 5.97 Å². The number of ether oxygens (including phenoxy) is 1. The van der Waals surface area contributed by atoms with Crippen molar-refractivity contribution in [1.29, 1.82) is 0 Å². The minimum Gasteiger partial charge on any atom is -0.464 e. The van der Waals surface area contributed by atoms with Gasteiger partial charge in [-0.3, -0.25) is 0 Å². The molecule has 82 valence electrons. The van der Waals surface area contributed by atoms with Gasteiger partial charge in [0.2, 0.25) is 0 Å². The Hall–Kier alpha value is -1.35. The zero-order chi connectivity index (χ0) is 11.1. The molecule has 3 heteroatoms. The van der Waals surface area contributed by atoms with Crippen LogP contribution < -0.4 is 0 Å². The molecule has 0 saturated heterocycles. The minimum absolute atomic E-state index is 0.307. The van der Waals surface area contributed by atoms with Gasteiger partial charge in [-0.25, -0.2) is 4.79 Å². The molecule has 0 aromatic heterocycles. The molecule has 1 aromatic carbocycles. The normalized spacial score (nSPS) is 12.1. The Morgan fingerprint density at radius 3 is 2.67 bits per heavy atom. The first kappa shape index (κ1) is 11.7. The van der Waals surface area contributed by atoms with Gasteiger partial charge in [0.05, 0.1) is 6.61 Å². The second-order valence-electron chi connectivity index (χ2n) is 3.29. The molecule has 1 unspecified atom stereocenters. The zero-order valence-electron chi connectivity index (χ0n) is 8.85. The summed E-state index contributed by atoms with van der Waals surface area (Å²) in [5.41, 5.74) is 1.11. The molecule has 0 aliphatic carbocycles. The molecule has 0 bridgehead atoms. The number of aliphatic hydroxyl groups excluding tert-OH is 1. The number of aryl methyl sites for hydroxylation is 1. The third kappa shape index (κ3) is 4.13. The lowest BCUT2D eigenvalue weighted by molar-refractivity contribution is -0.153. The van der Waals surface area contributed by atoms with Gasteiger partial charge < -0.3 is 9.84 Å². The van der Waals surface area contributed by atoms with Crippen LogP contribution >= 0.6 is 0 Å². The molecule has 1 N–H and O–H groups in total. The summed E-state index contributed by atoms with van der Waals surface area (Å²) in [6.45, 7) is 2.03. The highest BCUT2D eigenvalue weighted by atomic mass is 16.5. The molecule has 0 heterocycles. The predicted octanol–water partition coefficient (Wildman–Crippen LogP) is 1.54. The monoisotopic (exact) mass is 208 g/mol. The van der Waals surface area contributed by atoms with E-state index in [0.717, 1.165) is 5.56 Å². The van der Waals surface area contributed by atoms with Crippen LogP contribution in [0.15, 0.2) is 30.3 Å². The van der Waals surface area contributed by atoms with Crippen LogP contribution in [0.4, 0.5) is 0 Å². The maximum Gasteiger partial charge on any atom is 0.334 e. The first-order valence-corrected chi connectivity index (χ1v) is 5.12. The molecule has 1 aromatic rings. The minimum atomic E-state index is -1.01. The van der Waals surface area contributed by atoms with Crippen LogP contribution in [-0.4, -0.2) is 23.8 Å². The first-order valence-electron chi connectivity index (χ1n) is 5.12. The molecular formula is C12H16O3. The number of aliphatic hydroxyl groups is 1. The lowest BCUT2D eigenvalue weighted by Crippen LogP contribution is -2.23. The van der Waals surface area contributed by atoms with Gasteiger partial charge in [-0.1, -0.05) is 30.3 Å². The van der Waals surface area contributed by atoms with Gasteiger partial charge in [-0.15, -0.1) is 0 Å². The van der Waals surface area contributed by atoms with Gasteiger partial charge in [0, 0.05) is 0 Å². The Kier molecular flexibility index (Phi) is 4.84. The Morgan fingerprint density at radius 1 is 1.40 bits per heavy atom. The maximum absolute atomic E-state index is 11.1. The molecule has 0 fully saturated rings. The van der Waals surface area contributed by atoms with Crippen LogP contribution in [0.1, 0.15) is 18.9 Å². The average Bonchev–Trinajstić information content (AvgIpc) is 2.27. The number of esters is 1. The van der Waals surface area contributed by atoms with Crippen molar-refractivity contribution in [2.45, 2.75) is 25.9 Å². The quantitative estimate of drug-likeness (QED) is 0.747. The van der Waals surface area contributed by atoms with Crippen LogP contribution in [0, 0.1) is 0 Å². The number of hydrogen-bond acceptors (Lipinski definition) is 3. The summed E-state index contributed by atoms with van der Waals surface area (Å²) in [4.78, 5) is 11.1. The zero-order valence-corrected chi connectivity index (χ0v) is 8.85. The second kappa shape index (κ2) is 6.19. The standard InChI is InChI=1S/C12H16O3/c1-2-15-12(14)11(13)9-8-10-6-4-3-5-7-10/h3-7,11,13H,2,8-9H2,1H3. The summed E-state index contributed by atoms with van der Waals surface area (Å²) in [6, 6.07) is 9.75. The van der Waals surface area contributed by atoms with Crippen molar-refractivity contribution in [3.05, 3.63) is 35.9 Å². The Morgan fingerprint density at radius 2 is 2.07 bits per heavy atom. The van der Waals surface area contributed by atoms with Crippen LogP contribution in [-0.2, 0) is 16.0 Å². The number of benzene rings is 1. The van der Waals surface area contributed by atoms with Crippen molar-refractivity contribution < 1.29 is 14.6 Å². The highest BCUT2D eigenvalue weighted by Crippen LogP contribution is 2.05. The Bertz CT molecular complexity index is 295. The van der Waals surface area contributed by atoms with Gasteiger partial charge in [-0.2, -0.15) is 0 Å². The molecule has 1 atom stereocenters. The van der Waals surface area contributed by atoms with E-state index in [0.29, 0.717) is 19.4 Å². The predicted molar refractivity (Wildman–Crippen MR) is 57.4 cm³/mol. The van der Waals surface area contributed by atoms with Crippen LogP contribution in [0.25, 0.3) is 0 Å². The van der Waals surface area contributed by atoms with Crippen LogP contribution in [0.3, 0.4) is 0 Å². The van der Waals surface area contributed by atoms with E-state index in [1.807, 2.05) is 30.3 Å². The van der Waals surface area contributed by atoms with Gasteiger partial charge in [-0.05, 0) is 25.3 Å². The number of carbonyl (C=O) groups is 1. The molecule has 0 aliphatic rings. The van der Waals surface area contributed by atoms with E-state index in [2.05, 4.69) is 0 Å². The molecule has 1 rings (SSSR count). The van der Waals surface area contributed by atoms with E-state index in [4.69, 9.17) is 4.74 Å². The van der Waals surface area contributed by atoms with E-state index in [-0.39, 0.29) is 0 Å². The third-order valence-corrected chi connectivity index (χ3v) is 2.11. The average molecular weight is 208 g/mol. The van der Waals surface area contributed by atoms with E-state index < -0.39 is 12.1 Å². The highest BCUT2D eigenvalue weighted by molar-refractivity contribution is 5.74. The van der Waals surface area contributed by atoms with Crippen molar-refractivity contribution >= 4 is 5.97 Å². The number of carbonyl (C=O) groups excluding carboxylic acids is 1. The van der Waals surface area contributed by atoms with Gasteiger partial charge in [0.15, 0.2) is 6.10 Å². The maximum atomic E-state index is 11.1. The fraction of sp³-hybridized carbons (Fsp3) is 0.417. The summed E-state index contributed by atoms with van der Waals surface area (Å²) in [5.74, 6) is -0.534. The fourth-order valence-corrected chi connectivity index (χ4v) is 1.30. The molecule has 0 radical (unpaired) electrons. The van der Waals surface area contributed by atoms with Crippen LogP contribution in [0.2, 0.25) is 0 Å². The van der Waals surface area contributed by atoms with Crippen molar-refractivity contribution in [3.63, 3.8) is 0 Å². The van der Waals surface area contributed by atoms with Gasteiger partial charge in [0.1, 0.15) is 0 Å². The molecular weight excluding hydrogens is 192 g/mol. The van der Waals surface area contributed by atoms with E-state index in [9.17, 15) is 9.90 Å². The third-order valence-electron chi connectivity index (χ3n) is 2.11. The molecule has 0 spiro atoms. The molecule has 0 amide bonds. The number of hydrogen-bond donors (Lipinski definition) is 1. The fourth-order valence-electron chi connectivity index (χ4n) is 1.30. The smallest absolute Gasteiger partial charge is 0.334 e. The topological polar surface area (TPSA) is 46.5 Å². The van der Waals surface area contributed by atoms with Crippen molar-refractivity contribution in [2.75, 3.05) is 6.61 Å². The van der Waals surface area contributed by atoms with E-state index in [1.54, 1.807) is 6.92 Å². The Balaban J connectivity index is 2.34. The lowest BCUT2D eigenvalue weighted by atomic mass is 10.1. The van der Waals surface area contributed by atoms with Crippen molar-refractivity contribution in [1.82, 2.24) is 0 Å². The summed E-state index contributed by atoms with van der Waals surface area (Å²) >= 11 is 0. The molecule has 0 saturated carbocycles. The van der Waals surface area contributed by atoms with Crippen molar-refractivity contribution in [3.8, 4) is 0 Å². The molecule has 15 heavy (non-hydrogen) atoms. The first-order chi connectivity index (χ1) is 7.24. The Labute approximate surface area is 89.7 Å². The second-order valence-corrected chi connectivity index (χ2v) is 3.29. The van der Waals surface area contributed by atoms with Crippen molar-refractivity contribution in [2.24, 2.45) is 0 Å². The summed E-state index contributed by atoms with van der Waals surface area (Å²) < 4.78 is 4.70. The van der Waals surface area contributed by atoms with E-state index >= 15 is 0 Å². The summed E-state index contributed by atoms with van der Waals surface area (Å²) in [7, 11) is 0. The lowest BCUT2D eigenvalue weighted by Gasteiger charge is -2.09. The van der Waals surface area contributed by atoms with Gasteiger partial charge in [0.25, 0.3) is 0 Å². The SMILES string of the molecule is CCOC(=O)C(O)CCc1ccccc1. The summed E-state index contributed by atoms with van der Waals surface area (Å²) in [5, 5.41) is 9.44. The van der Waals surface area contributed by atoms with E-state index in [1.165, 1.54) is 0 Å². The molecule has 0 aliphatic heterocycles. The van der Waals surface area contributed by atoms with Crippen LogP contribution in [0.5, 0.6) is 0 Å². The number of rotatable bonds is 5. The highest BCUT2D eigenvalue weighted by Gasteiger charge is 2.15.